The molecule has 1 unspecified atom stereocenters. The van der Waals surface area contributed by atoms with Crippen LogP contribution in [0.1, 0.15) is 19.3 Å². The van der Waals surface area contributed by atoms with E-state index in [-0.39, 0.29) is 17.7 Å². The van der Waals surface area contributed by atoms with Gasteiger partial charge in [-0.25, -0.2) is 0 Å². The maximum absolute atomic E-state index is 12.1. The van der Waals surface area contributed by atoms with E-state index >= 15 is 0 Å². The van der Waals surface area contributed by atoms with Crippen molar-refractivity contribution in [3.63, 3.8) is 0 Å². The number of halogens is 1. The standard InChI is InChI=1S/C14H15ClN2O2/c15-10-1-3-11(4-2-10)16-14(19)9-7-13(18)17(8-9)12-5-6-12/h1-4,9,12H,5-8H2,(H,16,19). The van der Waals surface area contributed by atoms with Crippen LogP contribution in [0.15, 0.2) is 24.3 Å². The molecule has 1 atom stereocenters. The van der Waals surface area contributed by atoms with E-state index in [1.165, 1.54) is 0 Å². The van der Waals surface area contributed by atoms with Crippen LogP contribution in [0.5, 0.6) is 0 Å². The van der Waals surface area contributed by atoms with Crippen LogP contribution in [-0.4, -0.2) is 29.3 Å². The number of carbonyl (C=O) groups excluding carboxylic acids is 2. The molecule has 19 heavy (non-hydrogen) atoms. The Morgan fingerprint density at radius 3 is 2.58 bits per heavy atom. The molecule has 1 saturated carbocycles. The Bertz CT molecular complexity index is 511. The van der Waals surface area contributed by atoms with Crippen molar-refractivity contribution in [2.75, 3.05) is 11.9 Å². The molecule has 0 radical (unpaired) electrons. The molecule has 1 aromatic rings. The summed E-state index contributed by atoms with van der Waals surface area (Å²) < 4.78 is 0. The number of nitrogens with one attached hydrogen (secondary N) is 1. The number of rotatable bonds is 3. The molecule has 1 aromatic carbocycles. The second kappa shape index (κ2) is 4.85. The van der Waals surface area contributed by atoms with Gasteiger partial charge in [-0.2, -0.15) is 0 Å². The largest absolute Gasteiger partial charge is 0.339 e. The number of likely N-dealkylation sites (tertiary alicyclic amines) is 1. The van der Waals surface area contributed by atoms with Crippen molar-refractivity contribution in [1.29, 1.82) is 0 Å². The average molecular weight is 279 g/mol. The Hall–Kier alpha value is -1.55. The summed E-state index contributed by atoms with van der Waals surface area (Å²) >= 11 is 5.79. The zero-order valence-corrected chi connectivity index (χ0v) is 11.2. The van der Waals surface area contributed by atoms with Gasteiger partial charge in [-0.15, -0.1) is 0 Å². The van der Waals surface area contributed by atoms with Gasteiger partial charge in [-0.05, 0) is 37.1 Å². The maximum Gasteiger partial charge on any atom is 0.229 e. The summed E-state index contributed by atoms with van der Waals surface area (Å²) in [6, 6.07) is 7.37. The van der Waals surface area contributed by atoms with E-state index in [9.17, 15) is 9.59 Å². The van der Waals surface area contributed by atoms with E-state index in [1.54, 1.807) is 24.3 Å². The summed E-state index contributed by atoms with van der Waals surface area (Å²) in [5, 5.41) is 3.47. The molecule has 0 spiro atoms. The van der Waals surface area contributed by atoms with Gasteiger partial charge in [0.05, 0.1) is 5.92 Å². The molecule has 3 rings (SSSR count). The van der Waals surface area contributed by atoms with Gasteiger partial charge in [-0.1, -0.05) is 11.6 Å². The predicted octanol–water partition coefficient (Wildman–Crippen LogP) is 2.29. The van der Waals surface area contributed by atoms with Crippen molar-refractivity contribution in [2.24, 2.45) is 5.92 Å². The normalized spacial score (nSPS) is 22.7. The van der Waals surface area contributed by atoms with Gasteiger partial charge in [0, 0.05) is 29.7 Å². The fourth-order valence-electron chi connectivity index (χ4n) is 2.42. The zero-order chi connectivity index (χ0) is 13.4. The van der Waals surface area contributed by atoms with Crippen LogP contribution in [-0.2, 0) is 9.59 Å². The van der Waals surface area contributed by atoms with Crippen molar-refractivity contribution in [2.45, 2.75) is 25.3 Å². The summed E-state index contributed by atoms with van der Waals surface area (Å²) in [6.07, 6.45) is 2.49. The molecule has 1 aliphatic carbocycles. The van der Waals surface area contributed by atoms with E-state index in [2.05, 4.69) is 5.32 Å². The summed E-state index contributed by atoms with van der Waals surface area (Å²) in [5.74, 6) is -0.207. The maximum atomic E-state index is 12.1. The topological polar surface area (TPSA) is 49.4 Å². The number of hydrogen-bond acceptors (Lipinski definition) is 2. The molecule has 0 aromatic heterocycles. The number of carbonyl (C=O) groups is 2. The smallest absolute Gasteiger partial charge is 0.229 e. The average Bonchev–Trinajstić information content (AvgIpc) is 3.15. The fourth-order valence-corrected chi connectivity index (χ4v) is 2.55. The molecule has 1 N–H and O–H groups in total. The van der Waals surface area contributed by atoms with Crippen molar-refractivity contribution in [1.82, 2.24) is 4.90 Å². The van der Waals surface area contributed by atoms with E-state index in [0.717, 1.165) is 12.8 Å². The lowest BCUT2D eigenvalue weighted by Crippen LogP contribution is -2.29. The fraction of sp³-hybridized carbons (Fsp3) is 0.429. The van der Waals surface area contributed by atoms with Crippen molar-refractivity contribution in [3.8, 4) is 0 Å². The number of nitrogens with zero attached hydrogens (tertiary/aromatic N) is 1. The molecule has 2 fully saturated rings. The van der Waals surface area contributed by atoms with Gasteiger partial charge < -0.3 is 10.2 Å². The first-order valence-electron chi connectivity index (χ1n) is 6.49. The van der Waals surface area contributed by atoms with Gasteiger partial charge in [0.15, 0.2) is 0 Å². The van der Waals surface area contributed by atoms with E-state index < -0.39 is 0 Å². The first-order chi connectivity index (χ1) is 9.13. The Balaban J connectivity index is 1.61. The highest BCUT2D eigenvalue weighted by Gasteiger charge is 2.41. The second-order valence-electron chi connectivity index (χ2n) is 5.17. The van der Waals surface area contributed by atoms with Crippen LogP contribution in [0.25, 0.3) is 0 Å². The predicted molar refractivity (Wildman–Crippen MR) is 72.9 cm³/mol. The lowest BCUT2D eigenvalue weighted by Gasteiger charge is -2.15. The minimum Gasteiger partial charge on any atom is -0.339 e. The van der Waals surface area contributed by atoms with Crippen LogP contribution in [0.3, 0.4) is 0 Å². The molecule has 1 saturated heterocycles. The van der Waals surface area contributed by atoms with Gasteiger partial charge in [0.2, 0.25) is 11.8 Å². The van der Waals surface area contributed by atoms with E-state index in [4.69, 9.17) is 11.6 Å². The van der Waals surface area contributed by atoms with Crippen molar-refractivity contribution in [3.05, 3.63) is 29.3 Å². The van der Waals surface area contributed by atoms with Crippen LogP contribution in [0.4, 0.5) is 5.69 Å². The Labute approximate surface area is 116 Å². The highest BCUT2D eigenvalue weighted by molar-refractivity contribution is 6.30. The number of hydrogen-bond donors (Lipinski definition) is 1. The number of benzene rings is 1. The van der Waals surface area contributed by atoms with Gasteiger partial charge in [-0.3, -0.25) is 9.59 Å². The molecule has 1 aliphatic heterocycles. The molecule has 5 heteroatoms. The monoisotopic (exact) mass is 278 g/mol. The minimum absolute atomic E-state index is 0.0844. The van der Waals surface area contributed by atoms with Crippen molar-refractivity contribution < 1.29 is 9.59 Å². The summed E-state index contributed by atoms with van der Waals surface area (Å²) in [4.78, 5) is 25.8. The first kappa shape index (κ1) is 12.5. The number of anilines is 1. The van der Waals surface area contributed by atoms with Crippen molar-refractivity contribution >= 4 is 29.1 Å². The SMILES string of the molecule is O=C(Nc1ccc(Cl)cc1)C1CC(=O)N(C2CC2)C1. The summed E-state index contributed by atoms with van der Waals surface area (Å²) in [7, 11) is 0. The molecular weight excluding hydrogens is 264 g/mol. The molecular formula is C14H15ClN2O2. The zero-order valence-electron chi connectivity index (χ0n) is 10.4. The minimum atomic E-state index is -0.233. The highest BCUT2D eigenvalue weighted by Crippen LogP contribution is 2.32. The lowest BCUT2D eigenvalue weighted by atomic mass is 10.1. The lowest BCUT2D eigenvalue weighted by molar-refractivity contribution is -0.128. The molecule has 0 bridgehead atoms. The Morgan fingerprint density at radius 1 is 1.26 bits per heavy atom. The third kappa shape index (κ3) is 2.73. The van der Waals surface area contributed by atoms with Crippen LogP contribution < -0.4 is 5.32 Å². The highest BCUT2D eigenvalue weighted by atomic mass is 35.5. The third-order valence-electron chi connectivity index (χ3n) is 3.63. The molecule has 1 heterocycles. The van der Waals surface area contributed by atoms with Crippen LogP contribution in [0, 0.1) is 5.92 Å². The molecule has 2 aliphatic rings. The van der Waals surface area contributed by atoms with Crippen LogP contribution in [0.2, 0.25) is 5.02 Å². The van der Waals surface area contributed by atoms with E-state index in [0.29, 0.717) is 29.7 Å². The second-order valence-corrected chi connectivity index (χ2v) is 5.61. The van der Waals surface area contributed by atoms with E-state index in [1.807, 2.05) is 4.90 Å². The first-order valence-corrected chi connectivity index (χ1v) is 6.87. The van der Waals surface area contributed by atoms with Gasteiger partial charge in [0.1, 0.15) is 0 Å². The molecule has 100 valence electrons. The molecule has 2 amide bonds. The quantitative estimate of drug-likeness (QED) is 0.922. The third-order valence-corrected chi connectivity index (χ3v) is 3.88. The Kier molecular flexibility index (Phi) is 3.19. The Morgan fingerprint density at radius 2 is 1.95 bits per heavy atom. The van der Waals surface area contributed by atoms with Crippen LogP contribution >= 0.6 is 11.6 Å². The number of amides is 2. The van der Waals surface area contributed by atoms with Gasteiger partial charge >= 0.3 is 0 Å². The molecule has 4 nitrogen and oxygen atoms in total. The summed E-state index contributed by atoms with van der Waals surface area (Å²) in [6.45, 7) is 0.558. The van der Waals surface area contributed by atoms with Gasteiger partial charge in [0.25, 0.3) is 0 Å². The summed E-state index contributed by atoms with van der Waals surface area (Å²) in [5.41, 5.74) is 0.715.